The summed E-state index contributed by atoms with van der Waals surface area (Å²) < 4.78 is 5.10. The molecule has 1 atom stereocenters. The molecule has 0 bridgehead atoms. The van der Waals surface area contributed by atoms with Gasteiger partial charge in [-0.3, -0.25) is 14.6 Å². The number of pyridine rings is 1. The van der Waals surface area contributed by atoms with Crippen molar-refractivity contribution >= 4 is 11.9 Å². The van der Waals surface area contributed by atoms with Crippen molar-refractivity contribution in [2.75, 3.05) is 6.54 Å². The number of amides is 1. The Hall–Kier alpha value is -2.77. The summed E-state index contributed by atoms with van der Waals surface area (Å²) in [5, 5.41) is 15.5. The Bertz CT molecular complexity index is 672. The molecule has 0 aliphatic carbocycles. The third-order valence-corrected chi connectivity index (χ3v) is 3.46. The first-order valence-electron chi connectivity index (χ1n) is 7.83. The molecule has 0 radical (unpaired) electrons. The summed E-state index contributed by atoms with van der Waals surface area (Å²) in [5.74, 6) is -0.976. The van der Waals surface area contributed by atoms with E-state index in [1.165, 1.54) is 0 Å². The molecule has 2 heterocycles. The first-order chi connectivity index (χ1) is 11.6. The average molecular weight is 332 g/mol. The number of nitrogens with zero attached hydrogens (tertiary/aromatic N) is 3. The largest absolute Gasteiger partial charge is 0.481 e. The zero-order valence-electron chi connectivity index (χ0n) is 13.4. The van der Waals surface area contributed by atoms with Crippen LogP contribution in [0, 0.1) is 5.92 Å². The van der Waals surface area contributed by atoms with E-state index in [1.807, 2.05) is 13.0 Å². The molecule has 1 unspecified atom stereocenters. The van der Waals surface area contributed by atoms with E-state index >= 15 is 0 Å². The Morgan fingerprint density at radius 3 is 2.88 bits per heavy atom. The monoisotopic (exact) mass is 332 g/mol. The van der Waals surface area contributed by atoms with Gasteiger partial charge in [-0.05, 0) is 18.6 Å². The van der Waals surface area contributed by atoms with Crippen LogP contribution in [0.15, 0.2) is 28.9 Å². The fraction of sp³-hybridized carbons (Fsp3) is 0.438. The van der Waals surface area contributed by atoms with Crippen molar-refractivity contribution in [3.8, 4) is 11.5 Å². The van der Waals surface area contributed by atoms with Gasteiger partial charge >= 0.3 is 5.97 Å². The molecule has 0 fully saturated rings. The molecule has 8 heteroatoms. The Morgan fingerprint density at radius 1 is 1.38 bits per heavy atom. The van der Waals surface area contributed by atoms with E-state index in [0.29, 0.717) is 23.8 Å². The summed E-state index contributed by atoms with van der Waals surface area (Å²) in [4.78, 5) is 31.2. The molecule has 0 aliphatic heterocycles. The van der Waals surface area contributed by atoms with E-state index in [-0.39, 0.29) is 25.3 Å². The van der Waals surface area contributed by atoms with Crippen molar-refractivity contribution in [3.63, 3.8) is 0 Å². The summed E-state index contributed by atoms with van der Waals surface area (Å²) >= 11 is 0. The molecule has 2 aromatic heterocycles. The van der Waals surface area contributed by atoms with Crippen LogP contribution in [0.4, 0.5) is 0 Å². The van der Waals surface area contributed by atoms with Gasteiger partial charge in [-0.25, -0.2) is 0 Å². The second-order valence-electron chi connectivity index (χ2n) is 5.35. The van der Waals surface area contributed by atoms with Gasteiger partial charge < -0.3 is 14.9 Å². The summed E-state index contributed by atoms with van der Waals surface area (Å²) in [6.45, 7) is 2.04. The lowest BCUT2D eigenvalue weighted by Crippen LogP contribution is -2.33. The fourth-order valence-electron chi connectivity index (χ4n) is 2.16. The second-order valence-corrected chi connectivity index (χ2v) is 5.35. The molecule has 2 rings (SSSR count). The highest BCUT2D eigenvalue weighted by atomic mass is 16.5. The lowest BCUT2D eigenvalue weighted by Gasteiger charge is -2.11. The van der Waals surface area contributed by atoms with E-state index in [0.717, 1.165) is 6.42 Å². The second kappa shape index (κ2) is 8.76. The van der Waals surface area contributed by atoms with E-state index in [4.69, 9.17) is 9.63 Å². The number of aliphatic carboxylic acids is 1. The smallest absolute Gasteiger partial charge is 0.308 e. The molecule has 0 spiro atoms. The first kappa shape index (κ1) is 17.6. The third kappa shape index (κ3) is 5.15. The summed E-state index contributed by atoms with van der Waals surface area (Å²) in [5.41, 5.74) is 0.598. The lowest BCUT2D eigenvalue weighted by molar-refractivity contribution is -0.141. The molecule has 2 N–H and O–H groups in total. The van der Waals surface area contributed by atoms with E-state index < -0.39 is 11.9 Å². The van der Waals surface area contributed by atoms with Crippen LogP contribution in [0.2, 0.25) is 0 Å². The predicted octanol–water partition coefficient (Wildman–Crippen LogP) is 1.68. The van der Waals surface area contributed by atoms with Gasteiger partial charge in [-0.1, -0.05) is 24.6 Å². The molecular formula is C16H20N4O4. The highest BCUT2D eigenvalue weighted by Crippen LogP contribution is 2.12. The number of hydrogen-bond donors (Lipinski definition) is 2. The number of carbonyl (C=O) groups is 2. The maximum atomic E-state index is 11.8. The highest BCUT2D eigenvalue weighted by Gasteiger charge is 2.17. The van der Waals surface area contributed by atoms with Crippen LogP contribution in [0.5, 0.6) is 0 Å². The van der Waals surface area contributed by atoms with Gasteiger partial charge in [-0.15, -0.1) is 0 Å². The van der Waals surface area contributed by atoms with E-state index in [9.17, 15) is 9.59 Å². The molecule has 0 saturated heterocycles. The van der Waals surface area contributed by atoms with Crippen molar-refractivity contribution in [2.45, 2.75) is 32.6 Å². The Morgan fingerprint density at radius 2 is 2.21 bits per heavy atom. The van der Waals surface area contributed by atoms with Gasteiger partial charge in [-0.2, -0.15) is 4.98 Å². The maximum absolute atomic E-state index is 11.8. The number of hydrogen-bond acceptors (Lipinski definition) is 6. The van der Waals surface area contributed by atoms with Crippen LogP contribution in [-0.4, -0.2) is 38.7 Å². The first-order valence-corrected chi connectivity index (χ1v) is 7.83. The number of carboxylic acids is 1. The van der Waals surface area contributed by atoms with Gasteiger partial charge in [0.1, 0.15) is 5.69 Å². The van der Waals surface area contributed by atoms with Crippen molar-refractivity contribution < 1.29 is 19.2 Å². The summed E-state index contributed by atoms with van der Waals surface area (Å²) in [7, 11) is 0. The van der Waals surface area contributed by atoms with Crippen LogP contribution >= 0.6 is 0 Å². The molecule has 0 aliphatic rings. The van der Waals surface area contributed by atoms with Gasteiger partial charge in [0.25, 0.3) is 0 Å². The standard InChI is InChI=1S/C16H20N4O4/c1-2-5-11(16(22)23)10-18-13(21)7-8-14-19-15(20-24-14)12-6-3-4-9-17-12/h3-4,6,9,11H,2,5,7-8,10H2,1H3,(H,18,21)(H,22,23). The topological polar surface area (TPSA) is 118 Å². The minimum Gasteiger partial charge on any atom is -0.481 e. The van der Waals surface area contributed by atoms with Gasteiger partial charge in [0.05, 0.1) is 5.92 Å². The Labute approximate surface area is 139 Å². The Balaban J connectivity index is 1.80. The SMILES string of the molecule is CCCC(CNC(=O)CCc1nc(-c2ccccn2)no1)C(=O)O. The maximum Gasteiger partial charge on any atom is 0.308 e. The minimum atomic E-state index is -0.894. The normalized spacial score (nSPS) is 11.9. The van der Waals surface area contributed by atoms with Crippen molar-refractivity contribution in [3.05, 3.63) is 30.3 Å². The fourth-order valence-corrected chi connectivity index (χ4v) is 2.16. The molecule has 128 valence electrons. The number of aromatic nitrogens is 3. The third-order valence-electron chi connectivity index (χ3n) is 3.46. The molecule has 0 aromatic carbocycles. The molecule has 2 aromatic rings. The molecular weight excluding hydrogens is 312 g/mol. The molecule has 8 nitrogen and oxygen atoms in total. The highest BCUT2D eigenvalue weighted by molar-refractivity contribution is 5.77. The lowest BCUT2D eigenvalue weighted by atomic mass is 10.0. The van der Waals surface area contributed by atoms with Crippen LogP contribution in [-0.2, 0) is 16.0 Å². The van der Waals surface area contributed by atoms with Crippen molar-refractivity contribution in [1.29, 1.82) is 0 Å². The minimum absolute atomic E-state index is 0.130. The van der Waals surface area contributed by atoms with Gasteiger partial charge in [0.2, 0.25) is 17.6 Å². The Kier molecular flexibility index (Phi) is 6.41. The number of carboxylic acid groups (broad SMARTS) is 1. The van der Waals surface area contributed by atoms with Crippen LogP contribution in [0.1, 0.15) is 32.1 Å². The molecule has 24 heavy (non-hydrogen) atoms. The van der Waals surface area contributed by atoms with Crippen molar-refractivity contribution in [2.24, 2.45) is 5.92 Å². The molecule has 0 saturated carbocycles. The summed E-state index contributed by atoms with van der Waals surface area (Å²) in [6, 6.07) is 5.37. The summed E-state index contributed by atoms with van der Waals surface area (Å²) in [6.07, 6.45) is 3.37. The predicted molar refractivity (Wildman–Crippen MR) is 84.9 cm³/mol. The van der Waals surface area contributed by atoms with Gasteiger partial charge in [0, 0.05) is 25.6 Å². The van der Waals surface area contributed by atoms with Crippen molar-refractivity contribution in [1.82, 2.24) is 20.4 Å². The number of nitrogens with one attached hydrogen (secondary N) is 1. The zero-order chi connectivity index (χ0) is 17.4. The number of carbonyl (C=O) groups excluding carboxylic acids is 1. The van der Waals surface area contributed by atoms with E-state index in [2.05, 4.69) is 20.4 Å². The van der Waals surface area contributed by atoms with E-state index in [1.54, 1.807) is 18.3 Å². The number of rotatable bonds is 9. The van der Waals surface area contributed by atoms with Crippen LogP contribution < -0.4 is 5.32 Å². The average Bonchev–Trinajstić information content (AvgIpc) is 3.06. The number of aryl methyl sites for hydroxylation is 1. The van der Waals surface area contributed by atoms with Crippen LogP contribution in [0.25, 0.3) is 11.5 Å². The molecule has 1 amide bonds. The van der Waals surface area contributed by atoms with Gasteiger partial charge in [0.15, 0.2) is 0 Å². The zero-order valence-corrected chi connectivity index (χ0v) is 13.4. The quantitative estimate of drug-likeness (QED) is 0.717. The van der Waals surface area contributed by atoms with Crippen LogP contribution in [0.3, 0.4) is 0 Å².